The lowest BCUT2D eigenvalue weighted by Gasteiger charge is -2.29. The SMILES string of the molecule is Cc1cc(F)ccc1S(=O)(=O)NC[C@@H](c1ccco1)N1CCc2ccccc21. The second-order valence-corrected chi connectivity index (χ2v) is 8.60. The molecule has 0 amide bonds. The van der Waals surface area contributed by atoms with Crippen LogP contribution in [0, 0.1) is 12.7 Å². The number of aryl methyl sites for hydroxylation is 1. The van der Waals surface area contributed by atoms with Crippen LogP contribution in [0.2, 0.25) is 0 Å². The zero-order chi connectivity index (χ0) is 19.7. The van der Waals surface area contributed by atoms with E-state index in [1.807, 2.05) is 24.3 Å². The molecule has 1 atom stereocenters. The number of anilines is 1. The van der Waals surface area contributed by atoms with E-state index in [4.69, 9.17) is 4.42 Å². The lowest BCUT2D eigenvalue weighted by molar-refractivity contribution is 0.447. The van der Waals surface area contributed by atoms with Crippen LogP contribution < -0.4 is 9.62 Å². The molecule has 1 aromatic heterocycles. The number of nitrogens with one attached hydrogen (secondary N) is 1. The molecule has 1 aliphatic rings. The number of nitrogens with zero attached hydrogens (tertiary/aromatic N) is 1. The zero-order valence-corrected chi connectivity index (χ0v) is 16.2. The first-order chi connectivity index (χ1) is 13.5. The molecule has 0 unspecified atom stereocenters. The maximum atomic E-state index is 13.3. The van der Waals surface area contributed by atoms with Crippen molar-refractivity contribution in [2.75, 3.05) is 18.0 Å². The minimum absolute atomic E-state index is 0.0777. The molecule has 0 saturated carbocycles. The zero-order valence-electron chi connectivity index (χ0n) is 15.4. The summed E-state index contributed by atoms with van der Waals surface area (Å²) in [4.78, 5) is 2.24. The molecule has 0 fully saturated rings. The Labute approximate surface area is 163 Å². The predicted molar refractivity (Wildman–Crippen MR) is 105 cm³/mol. The number of halogens is 1. The Morgan fingerprint density at radius 2 is 2.00 bits per heavy atom. The van der Waals surface area contributed by atoms with Crippen LogP contribution in [0.3, 0.4) is 0 Å². The minimum atomic E-state index is -3.79. The normalized spacial score (nSPS) is 14.9. The molecule has 1 aliphatic heterocycles. The molecule has 2 heterocycles. The lowest BCUT2D eigenvalue weighted by atomic mass is 10.1. The first-order valence-corrected chi connectivity index (χ1v) is 10.6. The number of benzene rings is 2. The fourth-order valence-corrected chi connectivity index (χ4v) is 4.98. The smallest absolute Gasteiger partial charge is 0.240 e. The molecule has 0 radical (unpaired) electrons. The monoisotopic (exact) mass is 400 g/mol. The average molecular weight is 400 g/mol. The van der Waals surface area contributed by atoms with Gasteiger partial charge in [0.2, 0.25) is 10.0 Å². The van der Waals surface area contributed by atoms with Gasteiger partial charge in [-0.1, -0.05) is 18.2 Å². The molecule has 28 heavy (non-hydrogen) atoms. The van der Waals surface area contributed by atoms with E-state index in [0.717, 1.165) is 24.7 Å². The van der Waals surface area contributed by atoms with Crippen molar-refractivity contribution in [1.29, 1.82) is 0 Å². The number of fused-ring (bicyclic) bond motifs is 1. The molecule has 7 heteroatoms. The van der Waals surface area contributed by atoms with Gasteiger partial charge in [-0.05, 0) is 60.9 Å². The number of hydrogen-bond donors (Lipinski definition) is 1. The fraction of sp³-hybridized carbons (Fsp3) is 0.238. The molecular formula is C21H21FN2O3S. The summed E-state index contributed by atoms with van der Waals surface area (Å²) in [7, 11) is -3.79. The van der Waals surface area contributed by atoms with Crippen molar-refractivity contribution in [1.82, 2.24) is 4.72 Å². The Morgan fingerprint density at radius 3 is 2.75 bits per heavy atom. The third-order valence-electron chi connectivity index (χ3n) is 5.06. The maximum absolute atomic E-state index is 13.3. The molecule has 0 saturated heterocycles. The molecule has 3 aromatic rings. The van der Waals surface area contributed by atoms with E-state index >= 15 is 0 Å². The highest BCUT2D eigenvalue weighted by atomic mass is 32.2. The van der Waals surface area contributed by atoms with Crippen molar-refractivity contribution in [3.8, 4) is 0 Å². The molecule has 0 aliphatic carbocycles. The van der Waals surface area contributed by atoms with Crippen molar-refractivity contribution in [2.24, 2.45) is 0 Å². The quantitative estimate of drug-likeness (QED) is 0.684. The first-order valence-electron chi connectivity index (χ1n) is 9.09. The molecule has 146 valence electrons. The summed E-state index contributed by atoms with van der Waals surface area (Å²) in [5.74, 6) is 0.230. The van der Waals surface area contributed by atoms with Crippen LogP contribution in [-0.2, 0) is 16.4 Å². The van der Waals surface area contributed by atoms with Crippen molar-refractivity contribution in [3.63, 3.8) is 0 Å². The minimum Gasteiger partial charge on any atom is -0.467 e. The number of sulfonamides is 1. The summed E-state index contributed by atoms with van der Waals surface area (Å²) < 4.78 is 47.3. The van der Waals surface area contributed by atoms with Crippen LogP contribution >= 0.6 is 0 Å². The number of furan rings is 1. The van der Waals surface area contributed by atoms with Gasteiger partial charge < -0.3 is 9.32 Å². The highest BCUT2D eigenvalue weighted by Crippen LogP contribution is 2.35. The van der Waals surface area contributed by atoms with Gasteiger partial charge in [0.25, 0.3) is 0 Å². The molecule has 2 aromatic carbocycles. The highest BCUT2D eigenvalue weighted by molar-refractivity contribution is 7.89. The largest absolute Gasteiger partial charge is 0.467 e. The van der Waals surface area contributed by atoms with E-state index in [-0.39, 0.29) is 17.5 Å². The first kappa shape index (κ1) is 18.7. The molecule has 0 spiro atoms. The fourth-order valence-electron chi connectivity index (χ4n) is 3.71. The van der Waals surface area contributed by atoms with Gasteiger partial charge in [0.1, 0.15) is 17.6 Å². The summed E-state index contributed by atoms with van der Waals surface area (Å²) in [5, 5.41) is 0. The summed E-state index contributed by atoms with van der Waals surface area (Å²) >= 11 is 0. The van der Waals surface area contributed by atoms with Gasteiger partial charge in [0, 0.05) is 18.8 Å². The van der Waals surface area contributed by atoms with E-state index in [1.165, 1.54) is 17.7 Å². The Kier molecular flexibility index (Phi) is 4.95. The van der Waals surface area contributed by atoms with Gasteiger partial charge in [0.05, 0.1) is 11.2 Å². The topological polar surface area (TPSA) is 62.6 Å². The van der Waals surface area contributed by atoms with Crippen LogP contribution in [-0.4, -0.2) is 21.5 Å². The predicted octanol–water partition coefficient (Wildman–Crippen LogP) is 3.81. The van der Waals surface area contributed by atoms with Gasteiger partial charge in [-0.15, -0.1) is 0 Å². The third-order valence-corrected chi connectivity index (χ3v) is 6.65. The van der Waals surface area contributed by atoms with E-state index in [0.29, 0.717) is 11.3 Å². The Balaban J connectivity index is 1.61. The summed E-state index contributed by atoms with van der Waals surface area (Å²) in [6, 6.07) is 15.1. The van der Waals surface area contributed by atoms with Crippen LogP contribution in [0.25, 0.3) is 0 Å². The molecular weight excluding hydrogens is 379 g/mol. The summed E-state index contributed by atoms with van der Waals surface area (Å²) in [6.07, 6.45) is 2.49. The van der Waals surface area contributed by atoms with Gasteiger partial charge in [-0.2, -0.15) is 0 Å². The Morgan fingerprint density at radius 1 is 1.18 bits per heavy atom. The van der Waals surface area contributed by atoms with Gasteiger partial charge >= 0.3 is 0 Å². The van der Waals surface area contributed by atoms with Crippen LogP contribution in [0.4, 0.5) is 10.1 Å². The Bertz CT molecular complexity index is 1080. The number of rotatable bonds is 6. The van der Waals surface area contributed by atoms with Crippen LogP contribution in [0.15, 0.2) is 70.2 Å². The summed E-state index contributed by atoms with van der Waals surface area (Å²) in [5.41, 5.74) is 2.69. The van der Waals surface area contributed by atoms with Crippen LogP contribution in [0.1, 0.15) is 22.9 Å². The maximum Gasteiger partial charge on any atom is 0.240 e. The van der Waals surface area contributed by atoms with Crippen molar-refractivity contribution < 1.29 is 17.2 Å². The molecule has 0 bridgehead atoms. The van der Waals surface area contributed by atoms with Gasteiger partial charge in [-0.25, -0.2) is 17.5 Å². The number of hydrogen-bond acceptors (Lipinski definition) is 4. The number of para-hydroxylation sites is 1. The van der Waals surface area contributed by atoms with Crippen molar-refractivity contribution in [2.45, 2.75) is 24.3 Å². The molecule has 1 N–H and O–H groups in total. The second-order valence-electron chi connectivity index (χ2n) is 6.87. The molecule has 5 nitrogen and oxygen atoms in total. The highest BCUT2D eigenvalue weighted by Gasteiger charge is 2.30. The van der Waals surface area contributed by atoms with Crippen molar-refractivity contribution >= 4 is 15.7 Å². The van der Waals surface area contributed by atoms with Crippen molar-refractivity contribution in [3.05, 3.63) is 83.6 Å². The van der Waals surface area contributed by atoms with Gasteiger partial charge in [-0.3, -0.25) is 0 Å². The summed E-state index contributed by atoms with van der Waals surface area (Å²) in [6.45, 7) is 2.50. The third kappa shape index (κ3) is 3.55. The van der Waals surface area contributed by atoms with E-state index in [1.54, 1.807) is 19.3 Å². The average Bonchev–Trinajstić information content (AvgIpc) is 3.32. The van der Waals surface area contributed by atoms with Gasteiger partial charge in [0.15, 0.2) is 0 Å². The van der Waals surface area contributed by atoms with E-state index in [2.05, 4.69) is 15.7 Å². The van der Waals surface area contributed by atoms with E-state index in [9.17, 15) is 12.8 Å². The lowest BCUT2D eigenvalue weighted by Crippen LogP contribution is -2.37. The van der Waals surface area contributed by atoms with E-state index < -0.39 is 15.8 Å². The molecule has 4 rings (SSSR count). The second kappa shape index (κ2) is 7.41. The Hall–Kier alpha value is -2.64. The standard InChI is InChI=1S/C21H21FN2O3S/c1-15-13-17(22)8-9-21(15)28(25,26)23-14-19(20-7-4-12-27-20)24-11-10-16-5-2-3-6-18(16)24/h2-9,12-13,19,23H,10-11,14H2,1H3/t19-/m0/s1. The van der Waals surface area contributed by atoms with Crippen LogP contribution in [0.5, 0.6) is 0 Å².